The second-order valence-electron chi connectivity index (χ2n) is 15.0. The van der Waals surface area contributed by atoms with E-state index in [9.17, 15) is 64.8 Å². The SMILES string of the molecule is C.C.C[NH2+]C[C@H](O)[C@@H](O)[C@H](O)[C@H](O)CO.O=C([O-])CN(CCN(CCN(CC(=O)[O-])[C@H](COCc1ccccc1)C(=O)[O-])[C@@H](Cc1ccc(O)cc1)C(=O)[O-])[C@H](COCc1ccccc1)C(=O)[O-]. The lowest BCUT2D eigenvalue weighted by Crippen LogP contribution is -2.83. The number of aliphatic hydroxyl groups is 5. The Morgan fingerprint density at radius 1 is 0.559 bits per heavy atom. The van der Waals surface area contributed by atoms with Crippen molar-refractivity contribution >= 4 is 29.8 Å². The molecule has 0 unspecified atom stereocenters. The van der Waals surface area contributed by atoms with E-state index in [0.717, 1.165) is 20.9 Å². The molecule has 0 spiro atoms. The van der Waals surface area contributed by atoms with Gasteiger partial charge in [-0.2, -0.15) is 0 Å². The molecular formula is C46H66N4O18-4. The van der Waals surface area contributed by atoms with Gasteiger partial charge in [0.05, 0.1) is 88.1 Å². The van der Waals surface area contributed by atoms with Crippen LogP contribution in [-0.2, 0) is 53.1 Å². The zero-order chi connectivity index (χ0) is 49.2. The Morgan fingerprint density at radius 2 is 0.941 bits per heavy atom. The monoisotopic (exact) mass is 962 g/mol. The number of phenols is 1. The van der Waals surface area contributed by atoms with Crippen molar-refractivity contribution in [3.05, 3.63) is 102 Å². The number of carboxylic acids is 5. The summed E-state index contributed by atoms with van der Waals surface area (Å²) in [5.41, 5.74) is 1.87. The number of phenolic OH excluding ortho intramolecular Hbond substituents is 1. The molecule has 0 aliphatic heterocycles. The lowest BCUT2D eigenvalue weighted by molar-refractivity contribution is -0.635. The van der Waals surface area contributed by atoms with Crippen LogP contribution in [0.15, 0.2) is 84.9 Å². The summed E-state index contributed by atoms with van der Waals surface area (Å²) in [6.07, 6.45) is -5.75. The number of hydrogen-bond acceptors (Lipinski definition) is 21. The zero-order valence-corrected chi connectivity index (χ0v) is 36.3. The number of carbonyl (C=O) groups excluding carboxylic acids is 5. The maximum atomic E-state index is 12.6. The van der Waals surface area contributed by atoms with Gasteiger partial charge >= 0.3 is 0 Å². The minimum Gasteiger partial charge on any atom is -0.549 e. The van der Waals surface area contributed by atoms with Gasteiger partial charge in [0.2, 0.25) is 0 Å². The summed E-state index contributed by atoms with van der Waals surface area (Å²) in [5, 5.41) is 117. The first-order valence-electron chi connectivity index (χ1n) is 20.7. The fraction of sp³-hybridized carbons (Fsp3) is 0.500. The van der Waals surface area contributed by atoms with Crippen molar-refractivity contribution in [1.29, 1.82) is 0 Å². The zero-order valence-electron chi connectivity index (χ0n) is 36.3. The van der Waals surface area contributed by atoms with Crippen molar-refractivity contribution in [2.24, 2.45) is 0 Å². The Labute approximate surface area is 395 Å². The third-order valence-electron chi connectivity index (χ3n) is 10.1. The van der Waals surface area contributed by atoms with E-state index < -0.39 is 118 Å². The molecule has 0 radical (unpaired) electrons. The smallest absolute Gasteiger partial charge is 0.131 e. The van der Waals surface area contributed by atoms with Crippen LogP contribution in [0.3, 0.4) is 0 Å². The molecule has 0 aromatic heterocycles. The third kappa shape index (κ3) is 23.4. The number of nitrogens with zero attached hydrogens (tertiary/aromatic N) is 3. The molecule has 8 N–H and O–H groups in total. The summed E-state index contributed by atoms with van der Waals surface area (Å²) in [6.45, 7) is -4.73. The van der Waals surface area contributed by atoms with Gasteiger partial charge in [-0.1, -0.05) is 87.6 Å². The summed E-state index contributed by atoms with van der Waals surface area (Å²) in [6, 6.07) is 18.4. The van der Waals surface area contributed by atoms with Crippen molar-refractivity contribution in [2.45, 2.75) is 77.0 Å². The van der Waals surface area contributed by atoms with Crippen LogP contribution in [0.4, 0.5) is 0 Å². The summed E-state index contributed by atoms with van der Waals surface area (Å²) >= 11 is 0. The highest BCUT2D eigenvalue weighted by Crippen LogP contribution is 2.16. The fourth-order valence-electron chi connectivity index (χ4n) is 6.49. The van der Waals surface area contributed by atoms with Crippen LogP contribution in [0.2, 0.25) is 0 Å². The maximum absolute atomic E-state index is 12.6. The van der Waals surface area contributed by atoms with Gasteiger partial charge in [0.25, 0.3) is 0 Å². The molecule has 0 aliphatic carbocycles. The van der Waals surface area contributed by atoms with Gasteiger partial charge in [-0.15, -0.1) is 0 Å². The molecule has 3 rings (SSSR count). The highest BCUT2D eigenvalue weighted by molar-refractivity contribution is 5.74. The second kappa shape index (κ2) is 33.8. The van der Waals surface area contributed by atoms with Gasteiger partial charge in [0.1, 0.15) is 36.7 Å². The van der Waals surface area contributed by atoms with Gasteiger partial charge < -0.3 is 94.9 Å². The predicted octanol–water partition coefficient (Wildman–Crippen LogP) is -7.98. The molecule has 0 aliphatic rings. The average Bonchev–Trinajstić information content (AvgIpc) is 3.28. The second-order valence-corrected chi connectivity index (χ2v) is 15.0. The van der Waals surface area contributed by atoms with Crippen molar-refractivity contribution in [1.82, 2.24) is 14.7 Å². The van der Waals surface area contributed by atoms with Gasteiger partial charge in [-0.3, -0.25) is 14.7 Å². The lowest BCUT2D eigenvalue weighted by atomic mass is 10.0. The van der Waals surface area contributed by atoms with Crippen LogP contribution in [0.5, 0.6) is 5.75 Å². The number of aliphatic carboxylic acids is 5. The minimum absolute atomic E-state index is 0. The van der Waals surface area contributed by atoms with E-state index in [1.165, 1.54) is 29.2 Å². The molecule has 0 heterocycles. The summed E-state index contributed by atoms with van der Waals surface area (Å²) in [4.78, 5) is 63.7. The molecule has 22 nitrogen and oxygen atoms in total. The predicted molar refractivity (Wildman–Crippen MR) is 232 cm³/mol. The third-order valence-corrected chi connectivity index (χ3v) is 10.1. The van der Waals surface area contributed by atoms with Crippen LogP contribution < -0.4 is 30.8 Å². The largest absolute Gasteiger partial charge is 0.549 e. The molecule has 7 atom stereocenters. The van der Waals surface area contributed by atoms with Gasteiger partial charge in [-0.25, -0.2) is 0 Å². The van der Waals surface area contributed by atoms with Crippen LogP contribution in [0, 0.1) is 0 Å². The number of benzene rings is 3. The van der Waals surface area contributed by atoms with Crippen molar-refractivity contribution < 1.29 is 94.9 Å². The Morgan fingerprint density at radius 3 is 1.29 bits per heavy atom. The van der Waals surface area contributed by atoms with Crippen LogP contribution in [0.25, 0.3) is 0 Å². The molecule has 0 saturated carbocycles. The number of rotatable bonds is 32. The van der Waals surface area contributed by atoms with Crippen molar-refractivity contribution in [3.8, 4) is 5.75 Å². The van der Waals surface area contributed by atoms with E-state index in [1.807, 2.05) is 0 Å². The van der Waals surface area contributed by atoms with Gasteiger partial charge in [0, 0.05) is 39.3 Å². The molecule has 3 aromatic carbocycles. The van der Waals surface area contributed by atoms with E-state index in [4.69, 9.17) is 24.8 Å². The van der Waals surface area contributed by atoms with Gasteiger partial charge in [0.15, 0.2) is 0 Å². The summed E-state index contributed by atoms with van der Waals surface area (Å²) in [7, 11) is 1.70. The molecule has 0 saturated heterocycles. The quantitative estimate of drug-likeness (QED) is 0.0305. The topological polar surface area (TPSA) is 367 Å². The Hall–Kier alpha value is -5.63. The van der Waals surface area contributed by atoms with Crippen LogP contribution >= 0.6 is 0 Å². The molecule has 68 heavy (non-hydrogen) atoms. The fourth-order valence-corrected chi connectivity index (χ4v) is 6.49. The van der Waals surface area contributed by atoms with Crippen molar-refractivity contribution in [2.75, 3.05) is 72.7 Å². The standard InChI is InChI=1S/C37H45N3O13.C7H17NO5.2CH4/c41-29-13-11-26(12-14-29)19-30(35(46)47)38(15-17-39(20-33(42)43)31(36(48)49)24-52-22-27-7-3-1-4-8-27)16-18-40(21-34(44)45)32(37(50)51)25-53-23-28-9-5-2-6-10-28;1-8-2-4(10)6(12)7(13)5(11)3-9;;/h1-14,30-32,41H,15-25H2,(H,42,43)(H,44,45)(H,46,47)(H,48,49)(H,50,51);4-13H,2-3H2,1H3;2*1H4/p-4/t30-,31+,32+;4-,5+,6+,7+;;/m00../s1. The molecule has 22 heteroatoms. The highest BCUT2D eigenvalue weighted by atomic mass is 16.5. The number of nitrogens with two attached hydrogens (primary N) is 1. The number of ether oxygens (including phenoxy) is 2. The van der Waals surface area contributed by atoms with E-state index in [1.54, 1.807) is 73.0 Å². The van der Waals surface area contributed by atoms with E-state index in [-0.39, 0.29) is 59.9 Å². The molecule has 3 aromatic rings. The van der Waals surface area contributed by atoms with E-state index in [0.29, 0.717) is 5.56 Å². The molecule has 0 fully saturated rings. The molecule has 0 bridgehead atoms. The number of aliphatic hydroxyl groups excluding tert-OH is 5. The summed E-state index contributed by atoms with van der Waals surface area (Å²) in [5.74, 6) is -8.30. The Balaban J connectivity index is 0.00000260. The average molecular weight is 963 g/mol. The maximum Gasteiger partial charge on any atom is 0.131 e. The number of hydrogen-bond donors (Lipinski definition) is 7. The minimum atomic E-state index is -1.67. The van der Waals surface area contributed by atoms with E-state index >= 15 is 0 Å². The van der Waals surface area contributed by atoms with Crippen LogP contribution in [0.1, 0.15) is 31.5 Å². The number of carboxylic acid groups (broad SMARTS) is 5. The Kier molecular flexibility index (Phi) is 31.0. The van der Waals surface area contributed by atoms with E-state index in [2.05, 4.69) is 0 Å². The van der Waals surface area contributed by atoms with Crippen LogP contribution in [-0.4, -0.2) is 190 Å². The number of quaternary nitrogens is 1. The molecule has 382 valence electrons. The number of likely N-dealkylation sites (N-methyl/N-ethyl adjacent to an activating group) is 1. The first kappa shape index (κ1) is 62.4. The highest BCUT2D eigenvalue weighted by Gasteiger charge is 2.31. The number of aromatic hydroxyl groups is 1. The first-order valence-corrected chi connectivity index (χ1v) is 20.7. The van der Waals surface area contributed by atoms with Gasteiger partial charge in [-0.05, 0) is 35.2 Å². The molecular weight excluding hydrogens is 897 g/mol. The summed E-state index contributed by atoms with van der Waals surface area (Å²) < 4.78 is 11.1. The first-order chi connectivity index (χ1) is 31.4. The Bertz CT molecular complexity index is 1790. The number of carbonyl (C=O) groups is 5. The van der Waals surface area contributed by atoms with Crippen molar-refractivity contribution in [3.63, 3.8) is 0 Å². The normalized spacial score (nSPS) is 14.2. The molecule has 0 amide bonds. The lowest BCUT2D eigenvalue weighted by Gasteiger charge is -2.39.